The van der Waals surface area contributed by atoms with Crippen LogP contribution in [0.1, 0.15) is 33.7 Å². The van der Waals surface area contributed by atoms with Crippen molar-refractivity contribution in [1.29, 1.82) is 0 Å². The molecule has 1 N–H and O–H groups in total. The van der Waals surface area contributed by atoms with Crippen LogP contribution in [0.4, 0.5) is 5.69 Å². The van der Waals surface area contributed by atoms with Gasteiger partial charge in [0, 0.05) is 12.1 Å². The molecule has 2 atom stereocenters. The highest BCUT2D eigenvalue weighted by Gasteiger charge is 2.68. The van der Waals surface area contributed by atoms with Crippen molar-refractivity contribution in [3.05, 3.63) is 125 Å². The van der Waals surface area contributed by atoms with Gasteiger partial charge in [-0.1, -0.05) is 72.8 Å². The van der Waals surface area contributed by atoms with E-state index in [-0.39, 0.29) is 36.9 Å². The number of benzene rings is 4. The number of imide groups is 1. The van der Waals surface area contributed by atoms with Gasteiger partial charge in [0.1, 0.15) is 0 Å². The van der Waals surface area contributed by atoms with E-state index in [2.05, 4.69) is 10.5 Å². The largest absolute Gasteiger partial charge is 0.454 e. The zero-order chi connectivity index (χ0) is 28.4. The first-order chi connectivity index (χ1) is 20.6. The minimum absolute atomic E-state index is 0.0848. The summed E-state index contributed by atoms with van der Waals surface area (Å²) < 4.78 is 10.8. The lowest BCUT2D eigenvalue weighted by Crippen LogP contribution is -2.54. The van der Waals surface area contributed by atoms with E-state index >= 15 is 0 Å². The van der Waals surface area contributed by atoms with Crippen LogP contribution in [0.15, 0.2) is 102 Å². The Kier molecular flexibility index (Phi) is 5.34. The van der Waals surface area contributed by atoms with Crippen molar-refractivity contribution < 1.29 is 23.9 Å². The van der Waals surface area contributed by atoms with Crippen LogP contribution in [0.3, 0.4) is 0 Å². The first-order valence-corrected chi connectivity index (χ1v) is 13.9. The van der Waals surface area contributed by atoms with Crippen LogP contribution < -0.4 is 19.8 Å². The standard InChI is InChI=1S/C34H25N3O5/c38-28(17-20-14-15-26-27(16-20)42-19-41-26)36-35-18-34-24-12-6-4-10-22(24)29(23-11-5-7-13-25(23)34)30-31(34)33(40)37(32(30)39)21-8-2-1-3-9-21/h1-16,18,29-31H,17,19H2,(H,36,38)/b35-18-/t29?,30-,31+,34?/m1/s1. The summed E-state index contributed by atoms with van der Waals surface area (Å²) in [6.07, 6.45) is 1.76. The van der Waals surface area contributed by atoms with Crippen molar-refractivity contribution in [2.24, 2.45) is 16.9 Å². The van der Waals surface area contributed by atoms with Gasteiger partial charge >= 0.3 is 0 Å². The number of hydrogen-bond acceptors (Lipinski definition) is 6. The molecule has 0 saturated carbocycles. The smallest absolute Gasteiger partial charge is 0.244 e. The summed E-state index contributed by atoms with van der Waals surface area (Å²) in [6, 6.07) is 30.4. The lowest BCUT2D eigenvalue weighted by molar-refractivity contribution is -0.123. The van der Waals surface area contributed by atoms with Crippen molar-refractivity contribution in [1.82, 2.24) is 5.43 Å². The molecule has 0 aromatic heterocycles. The summed E-state index contributed by atoms with van der Waals surface area (Å²) in [7, 11) is 0. The molecule has 0 spiro atoms. The summed E-state index contributed by atoms with van der Waals surface area (Å²) in [6.45, 7) is 0.159. The molecular weight excluding hydrogens is 530 g/mol. The van der Waals surface area contributed by atoms with Gasteiger partial charge in [-0.25, -0.2) is 10.3 Å². The number of ether oxygens (including phenoxy) is 2. The molecule has 2 heterocycles. The molecule has 1 fully saturated rings. The second-order valence-corrected chi connectivity index (χ2v) is 11.0. The molecule has 0 radical (unpaired) electrons. The van der Waals surface area contributed by atoms with Gasteiger partial charge in [-0.3, -0.25) is 14.4 Å². The third-order valence-electron chi connectivity index (χ3n) is 8.96. The molecule has 2 bridgehead atoms. The monoisotopic (exact) mass is 555 g/mol. The number of anilines is 1. The SMILES string of the molecule is O=C(Cc1ccc2c(c1)OCO2)N/N=C\C12c3ccccc3C(c3ccccc31)[C@H]1C(=O)N(c3ccccc3)C(=O)[C@H]12. The summed E-state index contributed by atoms with van der Waals surface area (Å²) in [5.74, 6) is -1.11. The summed E-state index contributed by atoms with van der Waals surface area (Å²) in [5.41, 5.74) is 6.82. The number of rotatable bonds is 5. The molecule has 8 nitrogen and oxygen atoms in total. The number of para-hydroxylation sites is 1. The predicted octanol–water partition coefficient (Wildman–Crippen LogP) is 4.31. The van der Waals surface area contributed by atoms with Crippen LogP contribution in [0, 0.1) is 11.8 Å². The Hall–Kier alpha value is -5.24. The number of nitrogens with zero attached hydrogens (tertiary/aromatic N) is 2. The Morgan fingerprint density at radius 1 is 0.857 bits per heavy atom. The number of fused-ring (bicyclic) bond motifs is 1. The van der Waals surface area contributed by atoms with Gasteiger partial charge in [-0.05, 0) is 52.1 Å². The maximum atomic E-state index is 14.3. The summed E-state index contributed by atoms with van der Waals surface area (Å²) >= 11 is 0. The van der Waals surface area contributed by atoms with Crippen LogP contribution in [0.2, 0.25) is 0 Å². The summed E-state index contributed by atoms with van der Waals surface area (Å²) in [5, 5.41) is 4.48. The third-order valence-corrected chi connectivity index (χ3v) is 8.96. The van der Waals surface area contributed by atoms with Gasteiger partial charge in [-0.2, -0.15) is 5.10 Å². The number of carbonyl (C=O) groups is 3. The van der Waals surface area contributed by atoms with Gasteiger partial charge in [0.2, 0.25) is 24.5 Å². The van der Waals surface area contributed by atoms with E-state index < -0.39 is 17.3 Å². The van der Waals surface area contributed by atoms with E-state index in [1.165, 1.54) is 4.90 Å². The Morgan fingerprint density at radius 3 is 2.26 bits per heavy atom. The molecule has 5 aliphatic rings. The minimum atomic E-state index is -1.05. The fraction of sp³-hybridized carbons (Fsp3) is 0.176. The number of hydrogen-bond donors (Lipinski definition) is 1. The van der Waals surface area contributed by atoms with Crippen LogP contribution in [0.5, 0.6) is 11.5 Å². The Balaban J connectivity index is 1.21. The molecule has 3 aliphatic carbocycles. The van der Waals surface area contributed by atoms with Crippen molar-refractivity contribution >= 4 is 29.6 Å². The zero-order valence-electron chi connectivity index (χ0n) is 22.4. The molecule has 9 rings (SSSR count). The highest BCUT2D eigenvalue weighted by atomic mass is 16.7. The predicted molar refractivity (Wildman–Crippen MR) is 154 cm³/mol. The third kappa shape index (κ3) is 3.35. The topological polar surface area (TPSA) is 97.3 Å². The maximum Gasteiger partial charge on any atom is 0.244 e. The molecule has 206 valence electrons. The normalized spacial score (nSPS) is 24.5. The molecule has 4 aromatic carbocycles. The van der Waals surface area contributed by atoms with E-state index in [1.54, 1.807) is 30.5 Å². The Morgan fingerprint density at radius 2 is 1.52 bits per heavy atom. The molecule has 42 heavy (non-hydrogen) atoms. The zero-order valence-corrected chi connectivity index (χ0v) is 22.4. The first kappa shape index (κ1) is 24.5. The lowest BCUT2D eigenvalue weighted by Gasteiger charge is -2.52. The fourth-order valence-corrected chi connectivity index (χ4v) is 7.36. The van der Waals surface area contributed by atoms with Crippen molar-refractivity contribution in [2.45, 2.75) is 17.8 Å². The van der Waals surface area contributed by atoms with Gasteiger partial charge in [-0.15, -0.1) is 0 Å². The molecule has 8 heteroatoms. The van der Waals surface area contributed by atoms with E-state index in [1.807, 2.05) is 72.8 Å². The van der Waals surface area contributed by atoms with E-state index in [9.17, 15) is 14.4 Å². The Labute approximate surface area is 241 Å². The second-order valence-electron chi connectivity index (χ2n) is 11.0. The lowest BCUT2D eigenvalue weighted by atomic mass is 9.47. The van der Waals surface area contributed by atoms with Gasteiger partial charge in [0.15, 0.2) is 11.5 Å². The first-order valence-electron chi connectivity index (χ1n) is 13.9. The number of amides is 3. The van der Waals surface area contributed by atoms with Gasteiger partial charge in [0.05, 0.1) is 29.4 Å². The van der Waals surface area contributed by atoms with E-state index in [4.69, 9.17) is 9.47 Å². The van der Waals surface area contributed by atoms with Crippen molar-refractivity contribution in [3.63, 3.8) is 0 Å². The Bertz CT molecular complexity index is 1770. The van der Waals surface area contributed by atoms with Crippen molar-refractivity contribution in [3.8, 4) is 11.5 Å². The highest BCUT2D eigenvalue weighted by Crippen LogP contribution is 2.63. The average Bonchev–Trinajstić information content (AvgIpc) is 3.59. The molecule has 0 unspecified atom stereocenters. The summed E-state index contributed by atoms with van der Waals surface area (Å²) in [4.78, 5) is 42.8. The van der Waals surface area contributed by atoms with Gasteiger partial charge in [0.25, 0.3) is 0 Å². The fourth-order valence-electron chi connectivity index (χ4n) is 7.36. The molecule has 3 amide bonds. The van der Waals surface area contributed by atoms with E-state index in [0.29, 0.717) is 17.2 Å². The number of nitrogens with one attached hydrogen (secondary N) is 1. The van der Waals surface area contributed by atoms with Crippen LogP contribution in [-0.2, 0) is 26.2 Å². The average molecular weight is 556 g/mol. The molecule has 2 aliphatic heterocycles. The number of hydrazone groups is 1. The molecule has 4 aromatic rings. The van der Waals surface area contributed by atoms with Crippen LogP contribution in [-0.4, -0.2) is 30.7 Å². The van der Waals surface area contributed by atoms with Gasteiger partial charge < -0.3 is 9.47 Å². The van der Waals surface area contributed by atoms with Crippen LogP contribution in [0.25, 0.3) is 0 Å². The van der Waals surface area contributed by atoms with Crippen molar-refractivity contribution in [2.75, 3.05) is 11.7 Å². The quantitative estimate of drug-likeness (QED) is 0.225. The number of carbonyl (C=O) groups excluding carboxylic acids is 3. The highest BCUT2D eigenvalue weighted by molar-refractivity contribution is 6.25. The maximum absolute atomic E-state index is 14.3. The van der Waals surface area contributed by atoms with Crippen LogP contribution >= 0.6 is 0 Å². The second kappa shape index (κ2) is 9.14. The molecular formula is C34H25N3O5. The van der Waals surface area contributed by atoms with E-state index in [0.717, 1.165) is 27.8 Å². The molecule has 1 saturated heterocycles. The minimum Gasteiger partial charge on any atom is -0.454 e.